The summed E-state index contributed by atoms with van der Waals surface area (Å²) < 4.78 is 3.81. The zero-order valence-electron chi connectivity index (χ0n) is 5.89. The molecule has 0 aliphatic rings. The van der Waals surface area contributed by atoms with E-state index in [1.165, 1.54) is 0 Å². The van der Waals surface area contributed by atoms with Gasteiger partial charge in [-0.2, -0.15) is 12.6 Å². The molecule has 0 amide bonds. The summed E-state index contributed by atoms with van der Waals surface area (Å²) in [5, 5.41) is 8.00. The maximum atomic E-state index is 10.6. The molecular weight excluding hydrogens is 186 g/mol. The van der Waals surface area contributed by atoms with E-state index in [-0.39, 0.29) is 5.75 Å². The van der Waals surface area contributed by atoms with Crippen LogP contribution in [0.2, 0.25) is 0 Å². The van der Waals surface area contributed by atoms with E-state index in [1.54, 1.807) is 0 Å². The van der Waals surface area contributed by atoms with Crippen molar-refractivity contribution >= 4 is 30.5 Å². The molecule has 0 saturated heterocycles. The van der Waals surface area contributed by atoms with E-state index in [9.17, 15) is 14.4 Å². The molecule has 0 aliphatic carbocycles. The third-order valence-corrected chi connectivity index (χ3v) is 1.26. The van der Waals surface area contributed by atoms with Crippen LogP contribution in [0.1, 0.15) is 0 Å². The topological polar surface area (TPSA) is 107 Å². The van der Waals surface area contributed by atoms with Gasteiger partial charge < -0.3 is 15.6 Å². The molecule has 0 radical (unpaired) electrons. The Bertz CT molecular complexity index is 216. The van der Waals surface area contributed by atoms with Crippen molar-refractivity contribution in [1.82, 2.24) is 0 Å². The number of thiol groups is 1. The number of hydrogen-bond acceptors (Lipinski definition) is 6. The summed E-state index contributed by atoms with van der Waals surface area (Å²) in [6, 6.07) is -1.09. The second kappa shape index (κ2) is 4.73. The standard InChI is InChI=1S/C5H7NO5S/c6-2(1-12)4(9)11-5(10)3(7)8/h2,12H,1,6H2,(H,7,8)/t2-/m0/s1. The molecule has 6 nitrogen and oxygen atoms in total. The summed E-state index contributed by atoms with van der Waals surface area (Å²) >= 11 is 3.64. The Kier molecular flexibility index (Phi) is 4.30. The van der Waals surface area contributed by atoms with E-state index in [0.717, 1.165) is 0 Å². The molecule has 0 aliphatic heterocycles. The monoisotopic (exact) mass is 193 g/mol. The van der Waals surface area contributed by atoms with Gasteiger partial charge in [0, 0.05) is 5.75 Å². The summed E-state index contributed by atoms with van der Waals surface area (Å²) in [4.78, 5) is 30.7. The highest BCUT2D eigenvalue weighted by atomic mass is 32.1. The first-order valence-electron chi connectivity index (χ1n) is 2.84. The number of nitrogens with two attached hydrogens (primary N) is 1. The van der Waals surface area contributed by atoms with Crippen molar-refractivity contribution in [1.29, 1.82) is 0 Å². The van der Waals surface area contributed by atoms with Crippen LogP contribution in [-0.2, 0) is 19.1 Å². The molecule has 0 aromatic carbocycles. The van der Waals surface area contributed by atoms with Gasteiger partial charge in [-0.3, -0.25) is 0 Å². The lowest BCUT2D eigenvalue weighted by atomic mass is 10.4. The minimum absolute atomic E-state index is 0.0221. The number of hydrogen-bond donors (Lipinski definition) is 3. The minimum Gasteiger partial charge on any atom is -0.473 e. The number of carbonyl (C=O) groups excluding carboxylic acids is 2. The number of carboxylic acids is 1. The van der Waals surface area contributed by atoms with E-state index in [2.05, 4.69) is 17.4 Å². The lowest BCUT2D eigenvalue weighted by molar-refractivity contribution is -0.171. The zero-order chi connectivity index (χ0) is 9.72. The fourth-order valence-electron chi connectivity index (χ4n) is 0.285. The van der Waals surface area contributed by atoms with Crippen LogP contribution < -0.4 is 5.73 Å². The minimum atomic E-state index is -1.84. The summed E-state index contributed by atoms with van der Waals surface area (Å²) in [7, 11) is 0. The van der Waals surface area contributed by atoms with Gasteiger partial charge in [0.05, 0.1) is 0 Å². The summed E-state index contributed by atoms with van der Waals surface area (Å²) in [5.74, 6) is -4.60. The van der Waals surface area contributed by atoms with E-state index in [4.69, 9.17) is 10.8 Å². The quantitative estimate of drug-likeness (QED) is 0.211. The predicted molar refractivity (Wildman–Crippen MR) is 40.6 cm³/mol. The largest absolute Gasteiger partial charge is 0.473 e. The van der Waals surface area contributed by atoms with Crippen LogP contribution in [0.25, 0.3) is 0 Å². The van der Waals surface area contributed by atoms with Crippen molar-refractivity contribution in [2.75, 3.05) is 5.75 Å². The molecule has 12 heavy (non-hydrogen) atoms. The van der Waals surface area contributed by atoms with Gasteiger partial charge in [-0.05, 0) is 0 Å². The maximum Gasteiger partial charge on any atom is 0.424 e. The third kappa shape index (κ3) is 3.35. The van der Waals surface area contributed by atoms with Gasteiger partial charge >= 0.3 is 17.9 Å². The third-order valence-electron chi connectivity index (χ3n) is 0.867. The molecule has 7 heteroatoms. The first kappa shape index (κ1) is 10.9. The van der Waals surface area contributed by atoms with Gasteiger partial charge in [0.15, 0.2) is 0 Å². The molecule has 0 saturated carbocycles. The van der Waals surface area contributed by atoms with Gasteiger partial charge in [-0.15, -0.1) is 0 Å². The fourth-order valence-corrected chi connectivity index (χ4v) is 0.434. The lowest BCUT2D eigenvalue weighted by Gasteiger charge is -2.04. The molecule has 68 valence electrons. The van der Waals surface area contributed by atoms with Crippen molar-refractivity contribution in [3.05, 3.63) is 0 Å². The summed E-state index contributed by atoms with van der Waals surface area (Å²) in [6.07, 6.45) is 0. The number of carbonyl (C=O) groups is 3. The summed E-state index contributed by atoms with van der Waals surface area (Å²) in [6.45, 7) is 0. The maximum absolute atomic E-state index is 10.6. The van der Waals surface area contributed by atoms with E-state index < -0.39 is 23.9 Å². The van der Waals surface area contributed by atoms with Crippen LogP contribution >= 0.6 is 12.6 Å². The predicted octanol–water partition coefficient (Wildman–Crippen LogP) is -1.60. The van der Waals surface area contributed by atoms with Crippen molar-refractivity contribution in [3.8, 4) is 0 Å². The van der Waals surface area contributed by atoms with Gasteiger partial charge in [0.2, 0.25) is 0 Å². The van der Waals surface area contributed by atoms with Crippen LogP contribution in [-0.4, -0.2) is 34.8 Å². The highest BCUT2D eigenvalue weighted by Gasteiger charge is 2.21. The second-order valence-electron chi connectivity index (χ2n) is 1.80. The van der Waals surface area contributed by atoms with Gasteiger partial charge in [0.25, 0.3) is 0 Å². The molecule has 0 bridgehead atoms. The molecule has 1 atom stereocenters. The number of rotatable bonds is 2. The smallest absolute Gasteiger partial charge is 0.424 e. The van der Waals surface area contributed by atoms with Crippen molar-refractivity contribution in [2.45, 2.75) is 6.04 Å². The molecule has 0 fully saturated rings. The summed E-state index contributed by atoms with van der Waals surface area (Å²) in [5.41, 5.74) is 5.07. The first-order valence-corrected chi connectivity index (χ1v) is 3.47. The van der Waals surface area contributed by atoms with Crippen LogP contribution in [0.4, 0.5) is 0 Å². The number of esters is 2. The van der Waals surface area contributed by atoms with Crippen molar-refractivity contribution in [2.24, 2.45) is 5.73 Å². The number of aliphatic carboxylic acids is 1. The lowest BCUT2D eigenvalue weighted by Crippen LogP contribution is -2.36. The van der Waals surface area contributed by atoms with Crippen molar-refractivity contribution in [3.63, 3.8) is 0 Å². The van der Waals surface area contributed by atoms with E-state index in [1.807, 2.05) is 0 Å². The Labute approximate surface area is 73.1 Å². The molecule has 0 aromatic heterocycles. The average molecular weight is 193 g/mol. The zero-order valence-corrected chi connectivity index (χ0v) is 6.78. The molecule has 0 aromatic rings. The van der Waals surface area contributed by atoms with Crippen LogP contribution in [0.15, 0.2) is 0 Å². The van der Waals surface area contributed by atoms with Crippen LogP contribution in [0.3, 0.4) is 0 Å². The normalized spacial score (nSPS) is 11.8. The van der Waals surface area contributed by atoms with Crippen molar-refractivity contribution < 1.29 is 24.2 Å². The molecule has 3 N–H and O–H groups in total. The Morgan fingerprint density at radius 1 is 1.50 bits per heavy atom. The molecule has 0 unspecified atom stereocenters. The molecule has 0 heterocycles. The van der Waals surface area contributed by atoms with Gasteiger partial charge in [-0.1, -0.05) is 0 Å². The van der Waals surface area contributed by atoms with E-state index >= 15 is 0 Å². The van der Waals surface area contributed by atoms with E-state index in [0.29, 0.717) is 0 Å². The van der Waals surface area contributed by atoms with Gasteiger partial charge in [-0.25, -0.2) is 14.4 Å². The number of carboxylic acid groups (broad SMARTS) is 1. The number of ether oxygens (including phenoxy) is 1. The average Bonchev–Trinajstić information content (AvgIpc) is 2.02. The van der Waals surface area contributed by atoms with Gasteiger partial charge in [0.1, 0.15) is 6.04 Å². The first-order chi connectivity index (χ1) is 5.49. The highest BCUT2D eigenvalue weighted by molar-refractivity contribution is 7.80. The Hall–Kier alpha value is -1.08. The molecule has 0 rings (SSSR count). The molecule has 0 spiro atoms. The highest BCUT2D eigenvalue weighted by Crippen LogP contribution is 1.89. The Morgan fingerprint density at radius 2 is 2.00 bits per heavy atom. The Balaban J connectivity index is 4.01. The van der Waals surface area contributed by atoms with Crippen LogP contribution in [0, 0.1) is 0 Å². The fraction of sp³-hybridized carbons (Fsp3) is 0.400. The molecular formula is C5H7NO5S. The van der Waals surface area contributed by atoms with Crippen LogP contribution in [0.5, 0.6) is 0 Å². The SMILES string of the molecule is N[C@@H](CS)C(=O)OC(=O)C(=O)O. The second-order valence-corrected chi connectivity index (χ2v) is 2.17. The Morgan fingerprint density at radius 3 is 2.33 bits per heavy atom.